The smallest absolute Gasteiger partial charge is 0.327 e. The molecule has 0 aromatic heterocycles. The van der Waals surface area contributed by atoms with E-state index in [-0.39, 0.29) is 32.3 Å². The summed E-state index contributed by atoms with van der Waals surface area (Å²) < 4.78 is 23.1. The third-order valence-electron chi connectivity index (χ3n) is 8.87. The van der Waals surface area contributed by atoms with Gasteiger partial charge in [0.2, 0.25) is 5.91 Å². The third kappa shape index (κ3) is 3.85. The van der Waals surface area contributed by atoms with E-state index in [0.29, 0.717) is 24.7 Å². The van der Waals surface area contributed by atoms with Gasteiger partial charge < -0.3 is 29.4 Å². The molecule has 2 aliphatic carbocycles. The zero-order valence-corrected chi connectivity index (χ0v) is 20.5. The monoisotopic (exact) mass is 512 g/mol. The number of rotatable bonds is 7. The summed E-state index contributed by atoms with van der Waals surface area (Å²) in [6.07, 6.45) is 6.58. The maximum atomic E-state index is 13.6. The number of hydroxylamine groups is 2. The number of benzene rings is 1. The lowest BCUT2D eigenvalue weighted by molar-refractivity contribution is -0.201. The Morgan fingerprint density at radius 3 is 2.89 bits per heavy atom. The molecule has 0 spiro atoms. The summed E-state index contributed by atoms with van der Waals surface area (Å²) in [4.78, 5) is 33.4. The number of esters is 1. The highest BCUT2D eigenvalue weighted by Crippen LogP contribution is 2.55. The number of fused-ring (bicyclic) bond motifs is 5. The highest BCUT2D eigenvalue weighted by molar-refractivity contribution is 5.93. The summed E-state index contributed by atoms with van der Waals surface area (Å²) in [6.45, 7) is 0.249. The number of epoxide rings is 1. The van der Waals surface area contributed by atoms with E-state index in [2.05, 4.69) is 23.5 Å². The number of hydrogen-bond acceptors (Lipinski definition) is 9. The van der Waals surface area contributed by atoms with Gasteiger partial charge in [0.05, 0.1) is 25.4 Å². The van der Waals surface area contributed by atoms with Crippen LogP contribution in [0.1, 0.15) is 36.8 Å². The summed E-state index contributed by atoms with van der Waals surface area (Å²) in [6, 6.07) is 7.09. The van der Waals surface area contributed by atoms with Crippen LogP contribution in [0.5, 0.6) is 0 Å². The van der Waals surface area contributed by atoms with Crippen molar-refractivity contribution in [3.63, 3.8) is 0 Å². The van der Waals surface area contributed by atoms with Gasteiger partial charge in [-0.05, 0) is 36.3 Å². The molecule has 198 valence electrons. The highest BCUT2D eigenvalue weighted by atomic mass is 16.8. The molecule has 10 heteroatoms. The van der Waals surface area contributed by atoms with Gasteiger partial charge in [-0.2, -0.15) is 5.06 Å². The number of aliphatic hydroxyl groups is 1. The minimum Gasteiger partial charge on any atom is -0.458 e. The quantitative estimate of drug-likeness (QED) is 0.406. The molecule has 2 saturated carbocycles. The largest absolute Gasteiger partial charge is 0.458 e. The number of carbonyl (C=O) groups excluding carboxylic acids is 2. The number of nitrogens with one attached hydrogen (secondary N) is 1. The molecule has 0 radical (unpaired) electrons. The van der Waals surface area contributed by atoms with Crippen molar-refractivity contribution in [1.29, 1.82) is 0 Å². The Labute approximate surface area is 214 Å². The van der Waals surface area contributed by atoms with Crippen molar-refractivity contribution in [2.24, 2.45) is 11.3 Å². The fourth-order valence-electron chi connectivity index (χ4n) is 7.03. The second kappa shape index (κ2) is 9.14. The molecule has 6 aliphatic rings. The summed E-state index contributed by atoms with van der Waals surface area (Å²) in [5, 5.41) is 13.7. The van der Waals surface area contributed by atoms with Crippen LogP contribution in [0.2, 0.25) is 0 Å². The Hall–Kier alpha value is -2.34. The topological polar surface area (TPSA) is 119 Å². The van der Waals surface area contributed by atoms with Gasteiger partial charge >= 0.3 is 5.97 Å². The first-order chi connectivity index (χ1) is 18.1. The molecular weight excluding hydrogens is 480 g/mol. The molecule has 37 heavy (non-hydrogen) atoms. The van der Waals surface area contributed by atoms with E-state index in [1.165, 1.54) is 0 Å². The van der Waals surface area contributed by atoms with E-state index in [1.54, 1.807) is 5.06 Å². The first-order valence-corrected chi connectivity index (χ1v) is 13.3. The number of nitrogens with zero attached hydrogens (tertiary/aromatic N) is 1. The van der Waals surface area contributed by atoms with Crippen LogP contribution >= 0.6 is 0 Å². The first-order valence-electron chi connectivity index (χ1n) is 13.3. The molecule has 2 bridgehead atoms. The molecule has 9 atom stereocenters. The van der Waals surface area contributed by atoms with Crippen LogP contribution in [0.4, 0.5) is 0 Å². The SMILES string of the molecule is O=C1O[C@@H]2C[C@@]3(C(=O)NCCO)[C@H](ON(Cc4ccccc4C=CC4CCC5OC5C4)[C@@H]13)[C@H]1OCO[C@H]12. The average Bonchev–Trinajstić information content (AvgIpc) is 3.34. The zero-order chi connectivity index (χ0) is 25.1. The minimum atomic E-state index is -1.20. The number of carbonyl (C=O) groups is 2. The number of ether oxygens (including phenoxy) is 4. The van der Waals surface area contributed by atoms with E-state index in [4.69, 9.17) is 23.8 Å². The first kappa shape index (κ1) is 23.8. The summed E-state index contributed by atoms with van der Waals surface area (Å²) in [5.41, 5.74) is 0.825. The fraction of sp³-hybridized carbons (Fsp3) is 0.630. The number of allylic oxidation sites excluding steroid dienone is 1. The molecule has 4 saturated heterocycles. The number of hydrogen-bond donors (Lipinski definition) is 2. The van der Waals surface area contributed by atoms with Gasteiger partial charge in [-0.15, -0.1) is 0 Å². The zero-order valence-electron chi connectivity index (χ0n) is 20.5. The Kier molecular flexibility index (Phi) is 5.87. The molecule has 1 aromatic rings. The lowest BCUT2D eigenvalue weighted by Gasteiger charge is -2.48. The maximum absolute atomic E-state index is 13.6. The molecule has 7 rings (SSSR count). The van der Waals surface area contributed by atoms with Crippen molar-refractivity contribution in [3.8, 4) is 0 Å². The van der Waals surface area contributed by atoms with Gasteiger partial charge in [-0.1, -0.05) is 36.4 Å². The predicted octanol–water partition coefficient (Wildman–Crippen LogP) is 0.917. The Morgan fingerprint density at radius 1 is 1.16 bits per heavy atom. The van der Waals surface area contributed by atoms with Crippen LogP contribution in [0.3, 0.4) is 0 Å². The molecule has 1 amide bonds. The van der Waals surface area contributed by atoms with Crippen LogP contribution in [-0.2, 0) is 39.9 Å². The molecule has 4 heterocycles. The van der Waals surface area contributed by atoms with Gasteiger partial charge in [0.1, 0.15) is 36.6 Å². The molecule has 4 aliphatic heterocycles. The standard InChI is InChI=1S/C27H32N2O8/c30-10-9-28-26(32)27-12-20-21-22(34-14-33-21)24(27)37-29(23(27)25(31)36-20)13-17-4-2-1-3-16(17)7-5-15-6-8-18-19(11-15)35-18/h1-5,7,15,18-24,30H,6,8-14H2,(H,28,32)/t15?,18?,19?,20-,21+,22+,23+,24-,27+/m1/s1. The summed E-state index contributed by atoms with van der Waals surface area (Å²) in [5.74, 6) is -0.343. The minimum absolute atomic E-state index is 0.0592. The fourth-order valence-corrected chi connectivity index (χ4v) is 7.03. The van der Waals surface area contributed by atoms with E-state index in [9.17, 15) is 14.7 Å². The third-order valence-corrected chi connectivity index (χ3v) is 8.87. The maximum Gasteiger partial charge on any atom is 0.327 e. The molecule has 1 aromatic carbocycles. The summed E-state index contributed by atoms with van der Waals surface area (Å²) >= 11 is 0. The van der Waals surface area contributed by atoms with Crippen LogP contribution in [0, 0.1) is 11.3 Å². The summed E-state index contributed by atoms with van der Waals surface area (Å²) in [7, 11) is 0. The second-order valence-corrected chi connectivity index (χ2v) is 10.9. The Balaban J connectivity index is 1.18. The van der Waals surface area contributed by atoms with E-state index >= 15 is 0 Å². The van der Waals surface area contributed by atoms with Gasteiger partial charge in [0, 0.05) is 13.0 Å². The molecular formula is C27H32N2O8. The van der Waals surface area contributed by atoms with Crippen molar-refractivity contribution in [1.82, 2.24) is 10.4 Å². The van der Waals surface area contributed by atoms with E-state index in [1.807, 2.05) is 18.2 Å². The van der Waals surface area contributed by atoms with Crippen molar-refractivity contribution in [2.45, 2.75) is 74.9 Å². The van der Waals surface area contributed by atoms with Crippen molar-refractivity contribution in [3.05, 3.63) is 41.5 Å². The van der Waals surface area contributed by atoms with Crippen LogP contribution in [0.25, 0.3) is 6.08 Å². The molecule has 2 N–H and O–H groups in total. The van der Waals surface area contributed by atoms with Crippen LogP contribution in [0.15, 0.2) is 30.3 Å². The second-order valence-electron chi connectivity index (χ2n) is 10.9. The lowest BCUT2D eigenvalue weighted by Crippen LogP contribution is -2.69. The van der Waals surface area contributed by atoms with Crippen LogP contribution in [-0.4, -0.2) is 84.7 Å². The molecule has 3 unspecified atom stereocenters. The lowest BCUT2D eigenvalue weighted by atomic mass is 9.62. The van der Waals surface area contributed by atoms with E-state index in [0.717, 1.165) is 30.4 Å². The van der Waals surface area contributed by atoms with Crippen LogP contribution < -0.4 is 5.32 Å². The normalized spacial score (nSPS) is 41.8. The van der Waals surface area contributed by atoms with Crippen molar-refractivity contribution in [2.75, 3.05) is 19.9 Å². The predicted molar refractivity (Wildman–Crippen MR) is 127 cm³/mol. The average molecular weight is 513 g/mol. The Bertz CT molecular complexity index is 1110. The van der Waals surface area contributed by atoms with Crippen molar-refractivity contribution < 1.29 is 38.5 Å². The van der Waals surface area contributed by atoms with Gasteiger partial charge in [-0.25, -0.2) is 0 Å². The molecule has 6 fully saturated rings. The van der Waals surface area contributed by atoms with Gasteiger partial charge in [0.25, 0.3) is 0 Å². The number of amides is 1. The highest BCUT2D eigenvalue weighted by Gasteiger charge is 2.74. The van der Waals surface area contributed by atoms with Gasteiger partial charge in [-0.3, -0.25) is 14.4 Å². The van der Waals surface area contributed by atoms with Crippen molar-refractivity contribution >= 4 is 18.0 Å². The van der Waals surface area contributed by atoms with E-state index < -0.39 is 41.8 Å². The molecule has 10 nitrogen and oxygen atoms in total. The number of aliphatic hydroxyl groups excluding tert-OH is 1. The Morgan fingerprint density at radius 2 is 2.03 bits per heavy atom. The van der Waals surface area contributed by atoms with Gasteiger partial charge in [0.15, 0.2) is 6.04 Å².